The van der Waals surface area contributed by atoms with Gasteiger partial charge >= 0.3 is 0 Å². The van der Waals surface area contributed by atoms with E-state index in [1.165, 1.54) is 12.5 Å². The summed E-state index contributed by atoms with van der Waals surface area (Å²) in [6.07, 6.45) is 6.80. The van der Waals surface area contributed by atoms with Gasteiger partial charge in [0.15, 0.2) is 0 Å². The zero-order valence-corrected chi connectivity index (χ0v) is 4.74. The Morgan fingerprint density at radius 2 is 2.33 bits per heavy atom. The van der Waals surface area contributed by atoms with E-state index >= 15 is 0 Å². The summed E-state index contributed by atoms with van der Waals surface area (Å²) in [5.74, 6) is 0. The van der Waals surface area contributed by atoms with Crippen molar-refractivity contribution in [2.75, 3.05) is 0 Å². The van der Waals surface area contributed by atoms with Gasteiger partial charge in [-0.3, -0.25) is 4.79 Å². The fourth-order valence-corrected chi connectivity index (χ4v) is 0.553. The lowest BCUT2D eigenvalue weighted by Gasteiger charge is -1.97. The first-order chi connectivity index (χ1) is 4.33. The molecule has 0 saturated heterocycles. The molecule has 0 atom stereocenters. The van der Waals surface area contributed by atoms with E-state index in [1.54, 1.807) is 12.2 Å². The molecule has 1 rings (SSSR count). The first kappa shape index (κ1) is 5.82. The Hall–Kier alpha value is -1.31. The molecule has 0 saturated carbocycles. The van der Waals surface area contributed by atoms with Gasteiger partial charge < -0.3 is 5.41 Å². The average molecular weight is 119 g/mol. The molecule has 0 aromatic carbocycles. The summed E-state index contributed by atoms with van der Waals surface area (Å²) in [5.41, 5.74) is 0.758. The Labute approximate surface area is 53.4 Å². The minimum Gasteiger partial charge on any atom is -0.779 e. The van der Waals surface area contributed by atoms with Gasteiger partial charge in [-0.05, 0) is 5.71 Å². The summed E-state index contributed by atoms with van der Waals surface area (Å²) in [4.78, 5) is 10.0. The van der Waals surface area contributed by atoms with Gasteiger partial charge in [0.2, 0.25) is 6.29 Å². The third kappa shape index (κ3) is 1.29. The van der Waals surface area contributed by atoms with E-state index in [9.17, 15) is 4.79 Å². The van der Waals surface area contributed by atoms with Gasteiger partial charge in [0.05, 0.1) is 12.2 Å². The summed E-state index contributed by atoms with van der Waals surface area (Å²) in [7, 11) is 0. The lowest BCUT2D eigenvalue weighted by molar-refractivity contribution is -0.104. The lowest BCUT2D eigenvalue weighted by Crippen LogP contribution is -1.95. The minimum atomic E-state index is 0.181. The number of carbonyl (C=O) groups is 1. The molecule has 2 heteroatoms. The van der Waals surface area contributed by atoms with E-state index in [0.29, 0.717) is 5.57 Å². The van der Waals surface area contributed by atoms with Crippen LogP contribution in [0.15, 0.2) is 23.8 Å². The molecule has 0 heterocycles. The molecule has 44 valence electrons. The second-order valence-electron chi connectivity index (χ2n) is 1.71. The van der Waals surface area contributed by atoms with E-state index in [2.05, 4.69) is 0 Å². The number of aldehydes is 1. The molecule has 0 bridgehead atoms. The van der Waals surface area contributed by atoms with Crippen LogP contribution in [0.5, 0.6) is 0 Å². The van der Waals surface area contributed by atoms with Crippen LogP contribution in [0.2, 0.25) is 0 Å². The molecule has 0 N–H and O–H groups in total. The Balaban J connectivity index is 2.73. The second-order valence-corrected chi connectivity index (χ2v) is 1.71. The second kappa shape index (κ2) is 2.31. The smallest absolute Gasteiger partial charge is 0.205 e. The van der Waals surface area contributed by atoms with Crippen molar-refractivity contribution in [3.63, 3.8) is 0 Å². The number of carbonyl (C=O) groups excluding carboxylic acids is 1. The van der Waals surface area contributed by atoms with Gasteiger partial charge in [0.1, 0.15) is 5.57 Å². The molecule has 1 aliphatic rings. The predicted molar refractivity (Wildman–Crippen MR) is 36.0 cm³/mol. The maximum Gasteiger partial charge on any atom is 0.205 e. The number of hydrogen-bond acceptors (Lipinski definition) is 1. The summed E-state index contributed by atoms with van der Waals surface area (Å²) in [5, 5.41) is 8.74. The molecule has 0 radical (unpaired) electrons. The SMILES string of the molecule is [N-]=C1C=CC(C=O)=C[CH+]1. The first-order valence-electron chi connectivity index (χ1n) is 2.57. The van der Waals surface area contributed by atoms with Crippen LogP contribution < -0.4 is 0 Å². The van der Waals surface area contributed by atoms with Crippen LogP contribution in [-0.4, -0.2) is 12.0 Å². The van der Waals surface area contributed by atoms with Crippen molar-refractivity contribution in [3.8, 4) is 0 Å². The minimum absolute atomic E-state index is 0.181. The number of hydrogen-bond donors (Lipinski definition) is 0. The molecule has 1 aliphatic carbocycles. The quantitative estimate of drug-likeness (QED) is 0.373. The molecule has 9 heavy (non-hydrogen) atoms. The normalized spacial score (nSPS) is 16.4. The average Bonchev–Trinajstić information content (AvgIpc) is 1.90. The van der Waals surface area contributed by atoms with Crippen LogP contribution in [-0.2, 0) is 4.79 Å². The van der Waals surface area contributed by atoms with E-state index in [1.807, 2.05) is 0 Å². The van der Waals surface area contributed by atoms with E-state index in [4.69, 9.17) is 5.41 Å². The topological polar surface area (TPSA) is 39.4 Å². The highest BCUT2D eigenvalue weighted by atomic mass is 16.1. The number of nitrogens with zero attached hydrogens (tertiary/aromatic N) is 1. The van der Waals surface area contributed by atoms with Crippen molar-refractivity contribution in [1.29, 1.82) is 0 Å². The number of rotatable bonds is 1. The fraction of sp³-hybridized carbons (Fsp3) is 0. The van der Waals surface area contributed by atoms with E-state index in [-0.39, 0.29) is 5.71 Å². The van der Waals surface area contributed by atoms with Crippen LogP contribution in [0.3, 0.4) is 0 Å². The Morgan fingerprint density at radius 1 is 1.56 bits per heavy atom. The van der Waals surface area contributed by atoms with Crippen LogP contribution in [0, 0.1) is 6.42 Å². The lowest BCUT2D eigenvalue weighted by atomic mass is 10.1. The van der Waals surface area contributed by atoms with Gasteiger partial charge in [-0.15, -0.1) is 0 Å². The summed E-state index contributed by atoms with van der Waals surface area (Å²) >= 11 is 0. The van der Waals surface area contributed by atoms with Crippen molar-refractivity contribution in [3.05, 3.63) is 35.6 Å². The van der Waals surface area contributed by atoms with Crippen molar-refractivity contribution in [2.45, 2.75) is 0 Å². The van der Waals surface area contributed by atoms with E-state index < -0.39 is 0 Å². The fourth-order valence-electron chi connectivity index (χ4n) is 0.553. The maximum atomic E-state index is 10.0. The van der Waals surface area contributed by atoms with E-state index in [0.717, 1.165) is 6.29 Å². The molecule has 2 nitrogen and oxygen atoms in total. The molecule has 0 amide bonds. The molecular formula is C7H5NO. The summed E-state index contributed by atoms with van der Waals surface area (Å²) < 4.78 is 0. The number of allylic oxidation sites excluding steroid dienone is 4. The molecule has 0 aromatic heterocycles. The zero-order chi connectivity index (χ0) is 6.69. The monoisotopic (exact) mass is 119 g/mol. The molecular weight excluding hydrogens is 114 g/mol. The van der Waals surface area contributed by atoms with Gasteiger partial charge in [0, 0.05) is 12.5 Å². The molecule has 0 aromatic rings. The Bertz CT molecular complexity index is 201. The van der Waals surface area contributed by atoms with Crippen LogP contribution in [0.1, 0.15) is 0 Å². The van der Waals surface area contributed by atoms with Crippen molar-refractivity contribution in [1.82, 2.24) is 0 Å². The predicted octanol–water partition coefficient (Wildman–Crippen LogP) is 0.896. The molecule has 0 spiro atoms. The molecule has 0 aliphatic heterocycles. The van der Waals surface area contributed by atoms with Crippen molar-refractivity contribution < 1.29 is 4.79 Å². The van der Waals surface area contributed by atoms with Gasteiger partial charge in [-0.2, -0.15) is 0 Å². The Kier molecular flexibility index (Phi) is 1.49. The first-order valence-corrected chi connectivity index (χ1v) is 2.57. The molecule has 0 fully saturated rings. The largest absolute Gasteiger partial charge is 0.779 e. The van der Waals surface area contributed by atoms with Gasteiger partial charge in [-0.1, -0.05) is 0 Å². The van der Waals surface area contributed by atoms with Crippen molar-refractivity contribution >= 4 is 12.0 Å². The van der Waals surface area contributed by atoms with Crippen LogP contribution in [0.25, 0.3) is 5.41 Å². The summed E-state index contributed by atoms with van der Waals surface area (Å²) in [6, 6.07) is 0. The van der Waals surface area contributed by atoms with Crippen molar-refractivity contribution in [2.24, 2.45) is 0 Å². The highest BCUT2D eigenvalue weighted by molar-refractivity contribution is 6.08. The molecule has 0 unspecified atom stereocenters. The van der Waals surface area contributed by atoms with Gasteiger partial charge in [0.25, 0.3) is 0 Å². The third-order valence-corrected chi connectivity index (χ3v) is 1.03. The van der Waals surface area contributed by atoms with Gasteiger partial charge in [-0.25, -0.2) is 0 Å². The Morgan fingerprint density at radius 3 is 2.78 bits per heavy atom. The summed E-state index contributed by atoms with van der Waals surface area (Å²) in [6.45, 7) is 0. The maximum absolute atomic E-state index is 10.0. The third-order valence-electron chi connectivity index (χ3n) is 1.03. The standard InChI is InChI=1S/C7H5NO/c8-7-3-1-6(5-9)2-4-7/h1-5H. The van der Waals surface area contributed by atoms with Crippen LogP contribution in [0.4, 0.5) is 0 Å². The zero-order valence-electron chi connectivity index (χ0n) is 4.74. The highest BCUT2D eigenvalue weighted by Gasteiger charge is 2.02. The van der Waals surface area contributed by atoms with Crippen LogP contribution >= 0.6 is 0 Å². The highest BCUT2D eigenvalue weighted by Crippen LogP contribution is 2.02.